The molecule has 1 aliphatic heterocycles. The van der Waals surface area contributed by atoms with Crippen molar-refractivity contribution in [1.82, 2.24) is 19.4 Å². The molecule has 0 aliphatic carbocycles. The zero-order chi connectivity index (χ0) is 24.1. The molecule has 10 nitrogen and oxygen atoms in total. The molecule has 0 bridgehead atoms. The van der Waals surface area contributed by atoms with Gasteiger partial charge in [0.15, 0.2) is 6.61 Å². The number of urea groups is 1. The number of H-pyrrole nitrogens is 1. The van der Waals surface area contributed by atoms with Crippen molar-refractivity contribution < 1.29 is 19.1 Å². The smallest absolute Gasteiger partial charge is 0.338 e. The lowest BCUT2D eigenvalue weighted by molar-refractivity contribution is -0.135. The number of hydrogen-bond acceptors (Lipinski definition) is 5. The van der Waals surface area contributed by atoms with Crippen LogP contribution in [0.3, 0.4) is 0 Å². The second-order valence-corrected chi connectivity index (χ2v) is 7.86. The first-order chi connectivity index (χ1) is 16.4. The van der Waals surface area contributed by atoms with Crippen molar-refractivity contribution in [1.29, 1.82) is 0 Å². The maximum absolute atomic E-state index is 12.5. The third kappa shape index (κ3) is 5.17. The molecule has 4 rings (SSSR count). The summed E-state index contributed by atoms with van der Waals surface area (Å²) in [7, 11) is 0. The van der Waals surface area contributed by atoms with E-state index >= 15 is 0 Å². The number of aryl methyl sites for hydroxylation is 1. The number of aromatic nitrogens is 2. The molecule has 34 heavy (non-hydrogen) atoms. The van der Waals surface area contributed by atoms with Crippen molar-refractivity contribution in [3.63, 3.8) is 0 Å². The summed E-state index contributed by atoms with van der Waals surface area (Å²) in [6, 6.07) is 15.3. The minimum atomic E-state index is -0.626. The van der Waals surface area contributed by atoms with Gasteiger partial charge < -0.3 is 24.8 Å². The van der Waals surface area contributed by atoms with E-state index in [-0.39, 0.29) is 29.8 Å². The maximum atomic E-state index is 12.5. The molecule has 2 heterocycles. The van der Waals surface area contributed by atoms with E-state index in [2.05, 4.69) is 10.3 Å². The number of ether oxygens (including phenoxy) is 1. The predicted molar refractivity (Wildman–Crippen MR) is 125 cm³/mol. The number of anilines is 1. The third-order valence-electron chi connectivity index (χ3n) is 5.59. The average molecular weight is 463 g/mol. The summed E-state index contributed by atoms with van der Waals surface area (Å²) in [5, 5.41) is 2.83. The number of para-hydroxylation sites is 1. The number of rotatable bonds is 5. The van der Waals surface area contributed by atoms with E-state index in [1.165, 1.54) is 4.57 Å². The number of nitrogens with zero attached hydrogens (tertiary/aromatic N) is 3. The van der Waals surface area contributed by atoms with E-state index in [0.29, 0.717) is 37.6 Å². The Morgan fingerprint density at radius 1 is 0.941 bits per heavy atom. The molecule has 2 N–H and O–H groups in total. The Kier molecular flexibility index (Phi) is 6.77. The van der Waals surface area contributed by atoms with Gasteiger partial charge in [0.05, 0.1) is 11.3 Å². The maximum Gasteiger partial charge on any atom is 0.338 e. The molecule has 1 fully saturated rings. The fourth-order valence-corrected chi connectivity index (χ4v) is 3.71. The molecule has 10 heteroatoms. The summed E-state index contributed by atoms with van der Waals surface area (Å²) in [5.74, 6) is -0.943. The first-order valence-electron chi connectivity index (χ1n) is 10.9. The lowest BCUT2D eigenvalue weighted by Gasteiger charge is -2.34. The van der Waals surface area contributed by atoms with Gasteiger partial charge in [-0.2, -0.15) is 0 Å². The first kappa shape index (κ1) is 22.8. The SMILES string of the molecule is Cc1c[nH]c(=O)n1-c1ccc(C(=O)OCC(=O)N2CCN(C(=O)Nc3ccccc3)CC2)cc1. The summed E-state index contributed by atoms with van der Waals surface area (Å²) in [5.41, 5.74) is 2.08. The molecule has 0 unspecified atom stereocenters. The molecular formula is C24H25N5O5. The summed E-state index contributed by atoms with van der Waals surface area (Å²) >= 11 is 0. The van der Waals surface area contributed by atoms with Crippen LogP contribution in [0.2, 0.25) is 0 Å². The van der Waals surface area contributed by atoms with Crippen molar-refractivity contribution in [3.05, 3.63) is 82.5 Å². The van der Waals surface area contributed by atoms with Crippen LogP contribution in [0.5, 0.6) is 0 Å². The number of carbonyl (C=O) groups is 3. The lowest BCUT2D eigenvalue weighted by Crippen LogP contribution is -2.52. The highest BCUT2D eigenvalue weighted by atomic mass is 16.5. The van der Waals surface area contributed by atoms with Gasteiger partial charge in [0.2, 0.25) is 0 Å². The number of benzene rings is 2. The molecule has 3 amide bonds. The molecule has 0 saturated carbocycles. The van der Waals surface area contributed by atoms with E-state index in [4.69, 9.17) is 4.74 Å². The molecular weight excluding hydrogens is 438 g/mol. The van der Waals surface area contributed by atoms with E-state index in [1.807, 2.05) is 18.2 Å². The average Bonchev–Trinajstić information content (AvgIpc) is 3.20. The van der Waals surface area contributed by atoms with Crippen molar-refractivity contribution >= 4 is 23.6 Å². The largest absolute Gasteiger partial charge is 0.452 e. The van der Waals surface area contributed by atoms with Crippen LogP contribution in [0.4, 0.5) is 10.5 Å². The van der Waals surface area contributed by atoms with Crippen LogP contribution >= 0.6 is 0 Å². The molecule has 2 aromatic carbocycles. The van der Waals surface area contributed by atoms with E-state index in [0.717, 1.165) is 5.69 Å². The minimum absolute atomic E-state index is 0.217. The van der Waals surface area contributed by atoms with Gasteiger partial charge in [0.25, 0.3) is 5.91 Å². The van der Waals surface area contributed by atoms with Crippen molar-refractivity contribution in [2.24, 2.45) is 0 Å². The third-order valence-corrected chi connectivity index (χ3v) is 5.59. The van der Waals surface area contributed by atoms with Crippen LogP contribution in [0.1, 0.15) is 16.1 Å². The van der Waals surface area contributed by atoms with Crippen LogP contribution in [0.15, 0.2) is 65.6 Å². The van der Waals surface area contributed by atoms with Crippen molar-refractivity contribution in [2.75, 3.05) is 38.1 Å². The monoisotopic (exact) mass is 463 g/mol. The zero-order valence-corrected chi connectivity index (χ0v) is 18.7. The number of nitrogens with one attached hydrogen (secondary N) is 2. The van der Waals surface area contributed by atoms with Gasteiger partial charge in [-0.3, -0.25) is 9.36 Å². The quantitative estimate of drug-likeness (QED) is 0.562. The van der Waals surface area contributed by atoms with E-state index < -0.39 is 5.97 Å². The highest BCUT2D eigenvalue weighted by molar-refractivity contribution is 5.92. The molecule has 0 spiro atoms. The fraction of sp³-hybridized carbons (Fsp3) is 0.250. The number of carbonyl (C=O) groups excluding carboxylic acids is 3. The van der Waals surface area contributed by atoms with Gasteiger partial charge in [-0.1, -0.05) is 18.2 Å². The Labute approximate surface area is 195 Å². The van der Waals surface area contributed by atoms with Crippen molar-refractivity contribution in [3.8, 4) is 5.69 Å². The summed E-state index contributed by atoms with van der Waals surface area (Å²) in [6.07, 6.45) is 1.60. The van der Waals surface area contributed by atoms with Gasteiger partial charge in [0, 0.05) is 43.8 Å². The zero-order valence-electron chi connectivity index (χ0n) is 18.7. The normalized spacial score (nSPS) is 13.4. The Morgan fingerprint density at radius 2 is 1.59 bits per heavy atom. The topological polar surface area (TPSA) is 117 Å². The molecule has 176 valence electrons. The molecule has 1 aliphatic rings. The molecule has 3 aromatic rings. The van der Waals surface area contributed by atoms with Gasteiger partial charge in [-0.15, -0.1) is 0 Å². The summed E-state index contributed by atoms with van der Waals surface area (Å²) in [4.78, 5) is 54.9. The molecule has 1 saturated heterocycles. The molecule has 0 radical (unpaired) electrons. The van der Waals surface area contributed by atoms with Crippen molar-refractivity contribution in [2.45, 2.75) is 6.92 Å². The van der Waals surface area contributed by atoms with Gasteiger partial charge in [-0.25, -0.2) is 14.4 Å². The summed E-state index contributed by atoms with van der Waals surface area (Å²) in [6.45, 7) is 2.90. The van der Waals surface area contributed by atoms with E-state index in [9.17, 15) is 19.2 Å². The number of amides is 3. The Morgan fingerprint density at radius 3 is 2.21 bits per heavy atom. The second-order valence-electron chi connectivity index (χ2n) is 7.86. The first-order valence-corrected chi connectivity index (χ1v) is 10.9. The number of hydrogen-bond donors (Lipinski definition) is 2. The highest BCUT2D eigenvalue weighted by Gasteiger charge is 2.25. The number of imidazole rings is 1. The number of piperazine rings is 1. The Hall–Kier alpha value is -4.34. The van der Waals surface area contributed by atoms with Crippen LogP contribution in [-0.4, -0.2) is 70.0 Å². The predicted octanol–water partition coefficient (Wildman–Crippen LogP) is 2.01. The molecule has 1 aromatic heterocycles. The second kappa shape index (κ2) is 10.1. The lowest BCUT2D eigenvalue weighted by atomic mass is 10.2. The van der Waals surface area contributed by atoms with Crippen LogP contribution < -0.4 is 11.0 Å². The Bertz CT molecular complexity index is 1220. The van der Waals surface area contributed by atoms with Crippen LogP contribution in [0, 0.1) is 6.92 Å². The molecule has 0 atom stereocenters. The summed E-state index contributed by atoms with van der Waals surface area (Å²) < 4.78 is 6.66. The van der Waals surface area contributed by atoms with Gasteiger partial charge in [-0.05, 0) is 43.3 Å². The van der Waals surface area contributed by atoms with Gasteiger partial charge in [0.1, 0.15) is 0 Å². The van der Waals surface area contributed by atoms with Gasteiger partial charge >= 0.3 is 17.7 Å². The number of esters is 1. The number of aromatic amines is 1. The standard InChI is InChI=1S/C24H25N5O5/c1-17-15-25-23(32)29(17)20-9-7-18(8-10-20)22(31)34-16-21(30)27-11-13-28(14-12-27)24(33)26-19-5-3-2-4-6-19/h2-10,15H,11-14,16H2,1H3,(H,25,32)(H,26,33). The Balaban J connectivity index is 1.24. The van der Waals surface area contributed by atoms with E-state index in [1.54, 1.807) is 59.3 Å². The highest BCUT2D eigenvalue weighted by Crippen LogP contribution is 2.12. The van der Waals surface area contributed by atoms with Crippen LogP contribution in [-0.2, 0) is 9.53 Å². The van der Waals surface area contributed by atoms with Crippen LogP contribution in [0.25, 0.3) is 5.69 Å². The minimum Gasteiger partial charge on any atom is -0.452 e. The fourth-order valence-electron chi connectivity index (χ4n) is 3.71.